The topological polar surface area (TPSA) is 55.2 Å². The molecule has 3 heterocycles. The summed E-state index contributed by atoms with van der Waals surface area (Å²) >= 11 is 0. The standard InChI is InChI=1S/C18H21N5O/c1-19-15-11-16-17(20-12-15)21-18(22-7-9-24-10-8-22)23(16)13-14-5-3-2-4-6-14/h2-6,11-12,19H,7-10,13H2,1H3. The minimum atomic E-state index is 0.740. The van der Waals surface area contributed by atoms with E-state index in [1.165, 1.54) is 5.56 Å². The highest BCUT2D eigenvalue weighted by Crippen LogP contribution is 2.25. The number of nitrogens with one attached hydrogen (secondary N) is 1. The first-order chi connectivity index (χ1) is 11.8. The van der Waals surface area contributed by atoms with Crippen LogP contribution in [0.3, 0.4) is 0 Å². The molecule has 1 N–H and O–H groups in total. The Balaban J connectivity index is 1.82. The first-order valence-electron chi connectivity index (χ1n) is 8.26. The number of hydrogen-bond donors (Lipinski definition) is 1. The molecule has 1 saturated heterocycles. The molecule has 6 heteroatoms. The second kappa shape index (κ2) is 6.49. The van der Waals surface area contributed by atoms with Gasteiger partial charge in [0.2, 0.25) is 5.95 Å². The van der Waals surface area contributed by atoms with Crippen molar-refractivity contribution in [3.05, 3.63) is 48.2 Å². The van der Waals surface area contributed by atoms with Crippen LogP contribution < -0.4 is 10.2 Å². The Bertz CT molecular complexity index is 824. The van der Waals surface area contributed by atoms with Crippen molar-refractivity contribution in [3.8, 4) is 0 Å². The summed E-state index contributed by atoms with van der Waals surface area (Å²) in [6.07, 6.45) is 1.82. The van der Waals surface area contributed by atoms with Gasteiger partial charge >= 0.3 is 0 Å². The Labute approximate surface area is 141 Å². The lowest BCUT2D eigenvalue weighted by Crippen LogP contribution is -2.38. The quantitative estimate of drug-likeness (QED) is 0.799. The van der Waals surface area contributed by atoms with Crippen molar-refractivity contribution in [1.82, 2.24) is 14.5 Å². The molecule has 1 fully saturated rings. The number of benzene rings is 1. The predicted molar refractivity (Wildman–Crippen MR) is 95.7 cm³/mol. The van der Waals surface area contributed by atoms with Crippen LogP contribution in [0.1, 0.15) is 5.56 Å². The average Bonchev–Trinajstić information content (AvgIpc) is 3.01. The third-order valence-electron chi connectivity index (χ3n) is 4.35. The number of rotatable bonds is 4. The summed E-state index contributed by atoms with van der Waals surface area (Å²) in [6.45, 7) is 3.97. The van der Waals surface area contributed by atoms with E-state index in [4.69, 9.17) is 9.72 Å². The third-order valence-corrected chi connectivity index (χ3v) is 4.35. The monoisotopic (exact) mass is 323 g/mol. The minimum absolute atomic E-state index is 0.740. The smallest absolute Gasteiger partial charge is 0.208 e. The van der Waals surface area contributed by atoms with Crippen LogP contribution in [0.15, 0.2) is 42.6 Å². The zero-order valence-corrected chi connectivity index (χ0v) is 13.8. The Morgan fingerprint density at radius 1 is 1.17 bits per heavy atom. The molecule has 0 bridgehead atoms. The molecule has 2 aromatic heterocycles. The molecular weight excluding hydrogens is 302 g/mol. The predicted octanol–water partition coefficient (Wildman–Crippen LogP) is 2.36. The zero-order chi connectivity index (χ0) is 16.4. The number of hydrogen-bond acceptors (Lipinski definition) is 5. The zero-order valence-electron chi connectivity index (χ0n) is 13.8. The van der Waals surface area contributed by atoms with Crippen molar-refractivity contribution in [2.24, 2.45) is 0 Å². The van der Waals surface area contributed by atoms with Gasteiger partial charge in [-0.05, 0) is 11.6 Å². The molecule has 124 valence electrons. The number of morpholine rings is 1. The van der Waals surface area contributed by atoms with Crippen molar-refractivity contribution < 1.29 is 4.74 Å². The van der Waals surface area contributed by atoms with Crippen molar-refractivity contribution in [2.75, 3.05) is 43.6 Å². The summed E-state index contributed by atoms with van der Waals surface area (Å²) in [5, 5.41) is 3.16. The number of ether oxygens (including phenoxy) is 1. The van der Waals surface area contributed by atoms with Crippen molar-refractivity contribution in [1.29, 1.82) is 0 Å². The van der Waals surface area contributed by atoms with Gasteiger partial charge in [0.15, 0.2) is 5.65 Å². The van der Waals surface area contributed by atoms with Crippen molar-refractivity contribution >= 4 is 22.8 Å². The van der Waals surface area contributed by atoms with Gasteiger partial charge in [0.05, 0.1) is 37.2 Å². The van der Waals surface area contributed by atoms with Crippen LogP contribution in [0.4, 0.5) is 11.6 Å². The molecule has 4 rings (SSSR count). The lowest BCUT2D eigenvalue weighted by Gasteiger charge is -2.28. The second-order valence-electron chi connectivity index (χ2n) is 5.90. The largest absolute Gasteiger partial charge is 0.387 e. The maximum absolute atomic E-state index is 5.49. The Morgan fingerprint density at radius 3 is 2.71 bits per heavy atom. The van der Waals surface area contributed by atoms with Gasteiger partial charge in [-0.1, -0.05) is 30.3 Å². The van der Waals surface area contributed by atoms with Crippen molar-refractivity contribution in [3.63, 3.8) is 0 Å². The number of anilines is 2. The number of imidazole rings is 1. The van der Waals surface area contributed by atoms with E-state index in [0.29, 0.717) is 0 Å². The molecule has 0 radical (unpaired) electrons. The van der Waals surface area contributed by atoms with Gasteiger partial charge < -0.3 is 19.5 Å². The van der Waals surface area contributed by atoms with E-state index in [0.717, 1.165) is 55.6 Å². The number of fused-ring (bicyclic) bond motifs is 1. The maximum atomic E-state index is 5.49. The summed E-state index contributed by atoms with van der Waals surface area (Å²) in [6, 6.07) is 12.6. The van der Waals surface area contributed by atoms with Crippen LogP contribution in [-0.4, -0.2) is 47.9 Å². The molecule has 1 aliphatic rings. The van der Waals surface area contributed by atoms with Crippen LogP contribution in [0.2, 0.25) is 0 Å². The molecule has 3 aromatic rings. The fourth-order valence-electron chi connectivity index (χ4n) is 3.06. The second-order valence-corrected chi connectivity index (χ2v) is 5.90. The van der Waals surface area contributed by atoms with E-state index in [2.05, 4.69) is 50.1 Å². The van der Waals surface area contributed by atoms with Gasteiger partial charge in [0, 0.05) is 20.1 Å². The molecule has 0 unspecified atom stereocenters. The Kier molecular flexibility index (Phi) is 4.04. The number of aromatic nitrogens is 3. The van der Waals surface area contributed by atoms with E-state index in [9.17, 15) is 0 Å². The first-order valence-corrected chi connectivity index (χ1v) is 8.26. The highest BCUT2D eigenvalue weighted by atomic mass is 16.5. The minimum Gasteiger partial charge on any atom is -0.387 e. The van der Waals surface area contributed by atoms with Gasteiger partial charge in [0.25, 0.3) is 0 Å². The Morgan fingerprint density at radius 2 is 1.96 bits per heavy atom. The maximum Gasteiger partial charge on any atom is 0.208 e. The van der Waals surface area contributed by atoms with Gasteiger partial charge in [0.1, 0.15) is 0 Å². The molecule has 6 nitrogen and oxygen atoms in total. The third kappa shape index (κ3) is 2.80. The van der Waals surface area contributed by atoms with E-state index in [-0.39, 0.29) is 0 Å². The SMILES string of the molecule is CNc1cnc2nc(N3CCOCC3)n(Cc3ccccc3)c2c1. The van der Waals surface area contributed by atoms with Crippen LogP contribution in [0.25, 0.3) is 11.2 Å². The van der Waals surface area contributed by atoms with E-state index in [1.54, 1.807) is 0 Å². The van der Waals surface area contributed by atoms with Crippen molar-refractivity contribution in [2.45, 2.75) is 6.54 Å². The summed E-state index contributed by atoms with van der Waals surface area (Å²) in [4.78, 5) is 11.6. The first kappa shape index (κ1) is 15.0. The summed E-state index contributed by atoms with van der Waals surface area (Å²) < 4.78 is 7.74. The highest BCUT2D eigenvalue weighted by molar-refractivity contribution is 5.78. The molecular formula is C18H21N5O. The van der Waals surface area contributed by atoms with Crippen LogP contribution in [-0.2, 0) is 11.3 Å². The molecule has 0 amide bonds. The van der Waals surface area contributed by atoms with Crippen LogP contribution in [0, 0.1) is 0 Å². The molecule has 0 spiro atoms. The fraction of sp³-hybridized carbons (Fsp3) is 0.333. The molecule has 1 aromatic carbocycles. The van der Waals surface area contributed by atoms with Crippen LogP contribution in [0.5, 0.6) is 0 Å². The summed E-state index contributed by atoms with van der Waals surface area (Å²) in [7, 11) is 1.91. The van der Waals surface area contributed by atoms with Gasteiger partial charge in [-0.2, -0.15) is 4.98 Å². The van der Waals surface area contributed by atoms with Gasteiger partial charge in [-0.15, -0.1) is 0 Å². The van der Waals surface area contributed by atoms with Gasteiger partial charge in [-0.25, -0.2) is 4.98 Å². The summed E-state index contributed by atoms with van der Waals surface area (Å²) in [5.41, 5.74) is 4.07. The average molecular weight is 323 g/mol. The number of pyridine rings is 1. The van der Waals surface area contributed by atoms with Gasteiger partial charge in [-0.3, -0.25) is 0 Å². The van der Waals surface area contributed by atoms with Crippen LogP contribution >= 0.6 is 0 Å². The van der Waals surface area contributed by atoms with E-state index >= 15 is 0 Å². The lowest BCUT2D eigenvalue weighted by molar-refractivity contribution is 0.121. The lowest BCUT2D eigenvalue weighted by atomic mass is 10.2. The van der Waals surface area contributed by atoms with E-state index in [1.807, 2.05) is 19.3 Å². The summed E-state index contributed by atoms with van der Waals surface area (Å²) in [5.74, 6) is 0.970. The van der Waals surface area contributed by atoms with E-state index < -0.39 is 0 Å². The fourth-order valence-corrected chi connectivity index (χ4v) is 3.06. The molecule has 0 saturated carbocycles. The molecule has 1 aliphatic heterocycles. The Hall–Kier alpha value is -2.60. The molecule has 0 atom stereocenters. The normalized spacial score (nSPS) is 15.0. The molecule has 0 aliphatic carbocycles. The molecule has 24 heavy (non-hydrogen) atoms. The highest BCUT2D eigenvalue weighted by Gasteiger charge is 2.20. The number of nitrogens with zero attached hydrogens (tertiary/aromatic N) is 4.